The lowest BCUT2D eigenvalue weighted by Gasteiger charge is -2.21. The SMILES string of the molecule is C[C@@H](OCC1CC1)C(=O)NS(=O)(=O)N1CCc2ccccc21. The second-order valence-corrected chi connectivity index (χ2v) is 7.44. The summed E-state index contributed by atoms with van der Waals surface area (Å²) in [7, 11) is -3.89. The summed E-state index contributed by atoms with van der Waals surface area (Å²) in [6.45, 7) is 2.44. The van der Waals surface area contributed by atoms with E-state index < -0.39 is 22.2 Å². The fourth-order valence-electron chi connectivity index (χ4n) is 2.46. The average molecular weight is 324 g/mol. The van der Waals surface area contributed by atoms with Crippen molar-refractivity contribution < 1.29 is 17.9 Å². The Morgan fingerprint density at radius 1 is 1.41 bits per heavy atom. The van der Waals surface area contributed by atoms with Gasteiger partial charge in [-0.15, -0.1) is 0 Å². The van der Waals surface area contributed by atoms with E-state index in [0.29, 0.717) is 31.2 Å². The number of nitrogens with one attached hydrogen (secondary N) is 1. The Bertz CT molecular complexity index is 670. The third-order valence-electron chi connectivity index (χ3n) is 4.01. The minimum Gasteiger partial charge on any atom is -0.368 e. The molecular formula is C15H20N2O4S. The predicted octanol–water partition coefficient (Wildman–Crippen LogP) is 1.23. The largest absolute Gasteiger partial charge is 0.368 e. The summed E-state index contributed by atoms with van der Waals surface area (Å²) in [5.41, 5.74) is 1.60. The van der Waals surface area contributed by atoms with E-state index in [4.69, 9.17) is 4.74 Å². The number of nitrogens with zero attached hydrogens (tertiary/aromatic N) is 1. The summed E-state index contributed by atoms with van der Waals surface area (Å²) in [6, 6.07) is 7.31. The Morgan fingerprint density at radius 2 is 2.14 bits per heavy atom. The molecule has 1 saturated carbocycles. The van der Waals surface area contributed by atoms with Crippen LogP contribution in [0.4, 0.5) is 5.69 Å². The zero-order valence-corrected chi connectivity index (χ0v) is 13.3. The van der Waals surface area contributed by atoms with Crippen molar-refractivity contribution in [1.82, 2.24) is 4.72 Å². The lowest BCUT2D eigenvalue weighted by Crippen LogP contribution is -2.46. The highest BCUT2D eigenvalue weighted by atomic mass is 32.2. The molecule has 6 nitrogen and oxygen atoms in total. The molecule has 1 aliphatic carbocycles. The van der Waals surface area contributed by atoms with Crippen molar-refractivity contribution in [2.24, 2.45) is 5.92 Å². The first-order valence-electron chi connectivity index (χ1n) is 7.51. The second-order valence-electron chi connectivity index (χ2n) is 5.84. The molecule has 1 aromatic carbocycles. The van der Waals surface area contributed by atoms with Crippen LogP contribution in [0.2, 0.25) is 0 Å². The van der Waals surface area contributed by atoms with Crippen molar-refractivity contribution in [3.8, 4) is 0 Å². The molecule has 1 atom stereocenters. The molecule has 1 N–H and O–H groups in total. The highest BCUT2D eigenvalue weighted by molar-refractivity contribution is 7.91. The Morgan fingerprint density at radius 3 is 2.86 bits per heavy atom. The van der Waals surface area contributed by atoms with Gasteiger partial charge >= 0.3 is 10.2 Å². The molecule has 1 aromatic rings. The molecule has 0 aromatic heterocycles. The number of carbonyl (C=O) groups excluding carboxylic acids is 1. The summed E-state index contributed by atoms with van der Waals surface area (Å²) in [4.78, 5) is 12.0. The van der Waals surface area contributed by atoms with E-state index in [-0.39, 0.29) is 0 Å². The van der Waals surface area contributed by atoms with E-state index in [9.17, 15) is 13.2 Å². The Hall–Kier alpha value is -1.60. The Balaban J connectivity index is 1.64. The summed E-state index contributed by atoms with van der Waals surface area (Å²) in [5.74, 6) is -0.0950. The van der Waals surface area contributed by atoms with Gasteiger partial charge in [0.15, 0.2) is 0 Å². The second kappa shape index (κ2) is 5.89. The maximum Gasteiger partial charge on any atom is 0.326 e. The van der Waals surface area contributed by atoms with Gasteiger partial charge in [0.05, 0.1) is 12.3 Å². The molecular weight excluding hydrogens is 304 g/mol. The minimum atomic E-state index is -3.89. The first kappa shape index (κ1) is 15.3. The smallest absolute Gasteiger partial charge is 0.326 e. The monoisotopic (exact) mass is 324 g/mol. The molecule has 1 heterocycles. The molecule has 1 aliphatic heterocycles. The van der Waals surface area contributed by atoms with Crippen LogP contribution in [0.25, 0.3) is 0 Å². The zero-order chi connectivity index (χ0) is 15.7. The lowest BCUT2D eigenvalue weighted by atomic mass is 10.2. The fraction of sp³-hybridized carbons (Fsp3) is 0.533. The highest BCUT2D eigenvalue weighted by Crippen LogP contribution is 2.30. The van der Waals surface area contributed by atoms with Crippen molar-refractivity contribution in [3.63, 3.8) is 0 Å². The van der Waals surface area contributed by atoms with Crippen molar-refractivity contribution >= 4 is 21.8 Å². The van der Waals surface area contributed by atoms with E-state index in [2.05, 4.69) is 4.72 Å². The van der Waals surface area contributed by atoms with E-state index in [1.165, 1.54) is 4.31 Å². The van der Waals surface area contributed by atoms with Crippen LogP contribution in [0.5, 0.6) is 0 Å². The van der Waals surface area contributed by atoms with Crippen LogP contribution >= 0.6 is 0 Å². The summed E-state index contributed by atoms with van der Waals surface area (Å²) in [5, 5.41) is 0. The van der Waals surface area contributed by atoms with Gasteiger partial charge in [-0.3, -0.25) is 9.10 Å². The van der Waals surface area contributed by atoms with Crippen molar-refractivity contribution in [1.29, 1.82) is 0 Å². The molecule has 3 rings (SSSR count). The van der Waals surface area contributed by atoms with E-state index in [0.717, 1.165) is 18.4 Å². The number of carbonyl (C=O) groups is 1. The van der Waals surface area contributed by atoms with E-state index >= 15 is 0 Å². The summed E-state index contributed by atoms with van der Waals surface area (Å²) >= 11 is 0. The first-order chi connectivity index (χ1) is 10.5. The standard InChI is InChI=1S/C15H20N2O4S/c1-11(21-10-12-6-7-12)15(18)16-22(19,20)17-9-8-13-4-2-3-5-14(13)17/h2-5,11-12H,6-10H2,1H3,(H,16,18)/t11-/m1/s1. The zero-order valence-electron chi connectivity index (χ0n) is 12.5. The molecule has 0 spiro atoms. The van der Waals surface area contributed by atoms with Crippen LogP contribution in [-0.2, 0) is 26.2 Å². The van der Waals surface area contributed by atoms with Crippen molar-refractivity contribution in [2.75, 3.05) is 17.5 Å². The molecule has 0 unspecified atom stereocenters. The number of hydrogen-bond acceptors (Lipinski definition) is 4. The van der Waals surface area contributed by atoms with Crippen LogP contribution in [0.3, 0.4) is 0 Å². The van der Waals surface area contributed by atoms with Crippen LogP contribution < -0.4 is 9.03 Å². The summed E-state index contributed by atoms with van der Waals surface area (Å²) in [6.07, 6.45) is 2.13. The highest BCUT2D eigenvalue weighted by Gasteiger charge is 2.32. The van der Waals surface area contributed by atoms with Crippen LogP contribution in [0.15, 0.2) is 24.3 Å². The fourth-order valence-corrected chi connectivity index (χ4v) is 3.76. The summed E-state index contributed by atoms with van der Waals surface area (Å²) < 4.78 is 33.6. The molecule has 1 fully saturated rings. The first-order valence-corrected chi connectivity index (χ1v) is 8.95. The van der Waals surface area contributed by atoms with Gasteiger partial charge in [-0.05, 0) is 43.7 Å². The predicted molar refractivity (Wildman–Crippen MR) is 82.7 cm³/mol. The van der Waals surface area contributed by atoms with Gasteiger partial charge in [-0.25, -0.2) is 4.72 Å². The number of benzene rings is 1. The van der Waals surface area contributed by atoms with Gasteiger partial charge in [0.25, 0.3) is 5.91 Å². The third kappa shape index (κ3) is 3.25. The molecule has 0 saturated heterocycles. The topological polar surface area (TPSA) is 75.7 Å². The number of para-hydroxylation sites is 1. The quantitative estimate of drug-likeness (QED) is 0.854. The molecule has 0 bridgehead atoms. The molecule has 120 valence electrons. The van der Waals surface area contributed by atoms with Gasteiger partial charge in [-0.1, -0.05) is 18.2 Å². The van der Waals surface area contributed by atoms with Gasteiger partial charge in [-0.2, -0.15) is 8.42 Å². The number of ether oxygens (including phenoxy) is 1. The van der Waals surface area contributed by atoms with Gasteiger partial charge in [0, 0.05) is 6.54 Å². The van der Waals surface area contributed by atoms with Crippen molar-refractivity contribution in [3.05, 3.63) is 29.8 Å². The number of hydrogen-bond donors (Lipinski definition) is 1. The van der Waals surface area contributed by atoms with Crippen molar-refractivity contribution in [2.45, 2.75) is 32.3 Å². The molecule has 2 aliphatic rings. The third-order valence-corrected chi connectivity index (χ3v) is 5.43. The Kier molecular flexibility index (Phi) is 4.10. The molecule has 22 heavy (non-hydrogen) atoms. The molecule has 0 radical (unpaired) electrons. The van der Waals surface area contributed by atoms with E-state index in [1.807, 2.05) is 12.1 Å². The number of amides is 1. The molecule has 7 heteroatoms. The van der Waals surface area contributed by atoms with Gasteiger partial charge in [0.1, 0.15) is 6.10 Å². The average Bonchev–Trinajstić information content (AvgIpc) is 3.20. The van der Waals surface area contributed by atoms with Gasteiger partial charge < -0.3 is 4.74 Å². The number of anilines is 1. The molecule has 1 amide bonds. The van der Waals surface area contributed by atoms with Gasteiger partial charge in [0.2, 0.25) is 0 Å². The normalized spacial score (nSPS) is 18.9. The maximum absolute atomic E-state index is 12.4. The lowest BCUT2D eigenvalue weighted by molar-refractivity contribution is -0.130. The van der Waals surface area contributed by atoms with Crippen LogP contribution in [-0.4, -0.2) is 33.6 Å². The van der Waals surface area contributed by atoms with Crippen LogP contribution in [0.1, 0.15) is 25.3 Å². The van der Waals surface area contributed by atoms with E-state index in [1.54, 1.807) is 19.1 Å². The maximum atomic E-state index is 12.4. The van der Waals surface area contributed by atoms with Crippen LogP contribution in [0, 0.1) is 5.92 Å². The Labute approximate surface area is 130 Å². The minimum absolute atomic E-state index is 0.347. The number of fused-ring (bicyclic) bond motifs is 1. The number of rotatable bonds is 6.